The minimum absolute atomic E-state index is 0.0792. The number of carbonyl (C=O) groups is 2. The van der Waals surface area contributed by atoms with Gasteiger partial charge in [0.05, 0.1) is 14.9 Å². The third-order valence-electron chi connectivity index (χ3n) is 3.70. The minimum Gasteiger partial charge on any atom is -0.451 e. The minimum atomic E-state index is -1.00. The number of halogens is 2. The molecule has 0 saturated carbocycles. The molecule has 0 radical (unpaired) electrons. The zero-order valence-corrected chi connectivity index (χ0v) is 15.2. The van der Waals surface area contributed by atoms with Crippen molar-refractivity contribution in [3.8, 4) is 0 Å². The molecular weight excluding hydrogens is 402 g/mol. The molecule has 1 aliphatic rings. The molecule has 1 saturated heterocycles. The summed E-state index contributed by atoms with van der Waals surface area (Å²) in [7, 11) is 0. The Balaban J connectivity index is 2.11. The summed E-state index contributed by atoms with van der Waals surface area (Å²) in [4.78, 5) is 24.4. The molecule has 2 rings (SSSR count). The van der Waals surface area contributed by atoms with Gasteiger partial charge in [-0.2, -0.15) is 4.57 Å². The van der Waals surface area contributed by atoms with E-state index in [1.54, 1.807) is 11.5 Å². The lowest BCUT2D eigenvalue weighted by Gasteiger charge is -2.19. The summed E-state index contributed by atoms with van der Waals surface area (Å²) in [5, 5.41) is 0. The molecule has 0 spiro atoms. The standard InChI is InChI=1S/C15H18Br2NO3/c1-3-4-10-6-15(2,21-14(10)20)13(19)9-18-7-11(16)5-12(17)8-18/h5,7-8,10H,3-4,6,9H2,1-2H3/q+1/t10-,15+/m1/s1. The molecule has 1 aliphatic heterocycles. The second-order valence-electron chi connectivity index (χ2n) is 5.61. The van der Waals surface area contributed by atoms with E-state index in [1.165, 1.54) is 0 Å². The molecule has 4 nitrogen and oxygen atoms in total. The van der Waals surface area contributed by atoms with E-state index in [0.717, 1.165) is 21.8 Å². The molecule has 2 atom stereocenters. The molecule has 21 heavy (non-hydrogen) atoms. The number of ketones is 1. The third-order valence-corrected chi connectivity index (χ3v) is 4.57. The van der Waals surface area contributed by atoms with Crippen LogP contribution in [0.25, 0.3) is 0 Å². The summed E-state index contributed by atoms with van der Waals surface area (Å²) in [6.07, 6.45) is 5.82. The fraction of sp³-hybridized carbons (Fsp3) is 0.533. The molecular formula is C15H18Br2NO3+. The van der Waals surface area contributed by atoms with E-state index in [4.69, 9.17) is 4.74 Å². The van der Waals surface area contributed by atoms with Crippen molar-refractivity contribution in [2.24, 2.45) is 5.92 Å². The molecule has 0 bridgehead atoms. The van der Waals surface area contributed by atoms with Crippen LogP contribution in [-0.2, 0) is 20.9 Å². The zero-order chi connectivity index (χ0) is 15.6. The Labute approximate surface area is 141 Å². The van der Waals surface area contributed by atoms with Gasteiger partial charge in [0.15, 0.2) is 18.0 Å². The van der Waals surface area contributed by atoms with E-state index in [-0.39, 0.29) is 24.2 Å². The maximum absolute atomic E-state index is 12.5. The van der Waals surface area contributed by atoms with Crippen molar-refractivity contribution in [2.75, 3.05) is 0 Å². The van der Waals surface area contributed by atoms with Gasteiger partial charge in [0.25, 0.3) is 0 Å². The van der Waals surface area contributed by atoms with Crippen molar-refractivity contribution in [2.45, 2.75) is 45.3 Å². The smallest absolute Gasteiger partial charge is 0.310 e. The number of carbonyl (C=O) groups excluding carboxylic acids is 2. The maximum atomic E-state index is 12.5. The molecule has 2 heterocycles. The number of cyclic esters (lactones) is 1. The molecule has 114 valence electrons. The van der Waals surface area contributed by atoms with Crippen LogP contribution in [0.15, 0.2) is 27.4 Å². The van der Waals surface area contributed by atoms with Crippen LogP contribution in [-0.4, -0.2) is 17.4 Å². The SMILES string of the molecule is CCC[C@@H]1C[C@@](C)(C(=O)C[n+]2cc(Br)cc(Br)c2)OC1=O. The zero-order valence-electron chi connectivity index (χ0n) is 12.1. The van der Waals surface area contributed by atoms with Gasteiger partial charge in [0, 0.05) is 6.42 Å². The van der Waals surface area contributed by atoms with Gasteiger partial charge in [-0.15, -0.1) is 0 Å². The van der Waals surface area contributed by atoms with Crippen molar-refractivity contribution in [1.82, 2.24) is 0 Å². The van der Waals surface area contributed by atoms with Gasteiger partial charge in [-0.25, -0.2) is 0 Å². The number of esters is 1. The van der Waals surface area contributed by atoms with E-state index in [2.05, 4.69) is 31.9 Å². The normalized spacial score (nSPS) is 25.0. The lowest BCUT2D eigenvalue weighted by molar-refractivity contribution is -0.685. The maximum Gasteiger partial charge on any atom is 0.310 e. The predicted octanol–water partition coefficient (Wildman–Crippen LogP) is 3.19. The second-order valence-corrected chi connectivity index (χ2v) is 7.44. The Morgan fingerprint density at radius 3 is 2.62 bits per heavy atom. The number of hydrogen-bond donors (Lipinski definition) is 0. The van der Waals surface area contributed by atoms with E-state index in [0.29, 0.717) is 6.42 Å². The Morgan fingerprint density at radius 2 is 2.05 bits per heavy atom. The van der Waals surface area contributed by atoms with Crippen molar-refractivity contribution in [3.05, 3.63) is 27.4 Å². The van der Waals surface area contributed by atoms with Gasteiger partial charge >= 0.3 is 5.97 Å². The third kappa shape index (κ3) is 3.92. The largest absolute Gasteiger partial charge is 0.451 e. The molecule has 1 aromatic heterocycles. The van der Waals surface area contributed by atoms with Crippen LogP contribution >= 0.6 is 31.9 Å². The van der Waals surface area contributed by atoms with Crippen LogP contribution in [0.2, 0.25) is 0 Å². The summed E-state index contributed by atoms with van der Waals surface area (Å²) < 4.78 is 8.92. The van der Waals surface area contributed by atoms with Crippen LogP contribution in [0.3, 0.4) is 0 Å². The first-order valence-corrected chi connectivity index (χ1v) is 8.54. The highest BCUT2D eigenvalue weighted by molar-refractivity contribution is 9.11. The number of hydrogen-bond acceptors (Lipinski definition) is 3. The van der Waals surface area contributed by atoms with Crippen molar-refractivity contribution in [3.63, 3.8) is 0 Å². The highest BCUT2D eigenvalue weighted by Crippen LogP contribution is 2.34. The number of Topliss-reactive ketones (excluding diaryl/α,β-unsaturated/α-hetero) is 1. The summed E-state index contributed by atoms with van der Waals surface area (Å²) in [5.41, 5.74) is -1.00. The Bertz CT molecular complexity index is 556. The molecule has 0 amide bonds. The van der Waals surface area contributed by atoms with E-state index >= 15 is 0 Å². The van der Waals surface area contributed by atoms with E-state index < -0.39 is 5.60 Å². The number of rotatable bonds is 5. The first kappa shape index (κ1) is 16.6. The average molecular weight is 420 g/mol. The summed E-state index contributed by atoms with van der Waals surface area (Å²) in [5.74, 6) is -0.472. The van der Waals surface area contributed by atoms with Gasteiger partial charge in [-0.1, -0.05) is 13.3 Å². The quantitative estimate of drug-likeness (QED) is 0.543. The van der Waals surface area contributed by atoms with Crippen LogP contribution in [0.5, 0.6) is 0 Å². The fourth-order valence-corrected chi connectivity index (χ4v) is 3.95. The second kappa shape index (κ2) is 6.57. The summed E-state index contributed by atoms with van der Waals surface area (Å²) in [6, 6.07) is 1.90. The van der Waals surface area contributed by atoms with Crippen LogP contribution in [0.1, 0.15) is 33.1 Å². The average Bonchev–Trinajstić information content (AvgIpc) is 2.65. The number of aromatic nitrogens is 1. The monoisotopic (exact) mass is 418 g/mol. The molecule has 0 aliphatic carbocycles. The molecule has 1 fully saturated rings. The summed E-state index contributed by atoms with van der Waals surface area (Å²) >= 11 is 6.78. The number of nitrogens with zero attached hydrogens (tertiary/aromatic N) is 1. The Morgan fingerprint density at radius 1 is 1.43 bits per heavy atom. The van der Waals surface area contributed by atoms with Gasteiger partial charge < -0.3 is 4.74 Å². The van der Waals surface area contributed by atoms with Crippen molar-refractivity contribution in [1.29, 1.82) is 0 Å². The first-order chi connectivity index (χ1) is 9.84. The van der Waals surface area contributed by atoms with E-state index in [9.17, 15) is 9.59 Å². The highest BCUT2D eigenvalue weighted by atomic mass is 79.9. The van der Waals surface area contributed by atoms with Crippen LogP contribution in [0.4, 0.5) is 0 Å². The molecule has 6 heteroatoms. The molecule has 0 aromatic carbocycles. The van der Waals surface area contributed by atoms with Crippen molar-refractivity contribution >= 4 is 43.6 Å². The lowest BCUT2D eigenvalue weighted by atomic mass is 9.89. The number of ether oxygens (including phenoxy) is 1. The molecule has 0 unspecified atom stereocenters. The highest BCUT2D eigenvalue weighted by Gasteiger charge is 2.49. The van der Waals surface area contributed by atoms with Gasteiger partial charge in [-0.05, 0) is 51.3 Å². The topological polar surface area (TPSA) is 47.2 Å². The molecule has 1 aromatic rings. The van der Waals surface area contributed by atoms with Crippen LogP contribution < -0.4 is 4.57 Å². The van der Waals surface area contributed by atoms with Gasteiger partial charge in [0.1, 0.15) is 0 Å². The summed E-state index contributed by atoms with van der Waals surface area (Å²) in [6.45, 7) is 3.93. The predicted molar refractivity (Wildman–Crippen MR) is 84.6 cm³/mol. The number of pyridine rings is 1. The first-order valence-electron chi connectivity index (χ1n) is 6.95. The van der Waals surface area contributed by atoms with Crippen molar-refractivity contribution < 1.29 is 18.9 Å². The Hall–Kier alpha value is -0.750. The van der Waals surface area contributed by atoms with E-state index in [1.807, 2.05) is 25.4 Å². The lowest BCUT2D eigenvalue weighted by Crippen LogP contribution is -2.46. The van der Waals surface area contributed by atoms with Gasteiger partial charge in [0.2, 0.25) is 12.3 Å². The molecule has 0 N–H and O–H groups in total. The van der Waals surface area contributed by atoms with Crippen LogP contribution in [0, 0.1) is 5.92 Å². The Kier molecular flexibility index (Phi) is 5.20. The fourth-order valence-electron chi connectivity index (χ4n) is 2.62. The van der Waals surface area contributed by atoms with Gasteiger partial charge in [-0.3, -0.25) is 9.59 Å².